The molecule has 1 saturated heterocycles. The van der Waals surface area contributed by atoms with Crippen molar-refractivity contribution in [1.82, 2.24) is 5.32 Å². The second-order valence-corrected chi connectivity index (χ2v) is 5.93. The maximum Gasteiger partial charge on any atom is 0.240 e. The van der Waals surface area contributed by atoms with Crippen LogP contribution in [0.2, 0.25) is 0 Å². The van der Waals surface area contributed by atoms with Gasteiger partial charge in [-0.3, -0.25) is 14.6 Å². The summed E-state index contributed by atoms with van der Waals surface area (Å²) >= 11 is 1.27. The molecule has 0 saturated carbocycles. The van der Waals surface area contributed by atoms with Gasteiger partial charge in [-0.05, 0) is 31.2 Å². The Kier molecular flexibility index (Phi) is 6.22. The van der Waals surface area contributed by atoms with Crippen molar-refractivity contribution in [3.63, 3.8) is 0 Å². The summed E-state index contributed by atoms with van der Waals surface area (Å²) in [6.07, 6.45) is 1.74. The van der Waals surface area contributed by atoms with Gasteiger partial charge in [0.15, 0.2) is 5.17 Å². The minimum Gasteiger partial charge on any atom is -0.494 e. The van der Waals surface area contributed by atoms with Crippen molar-refractivity contribution >= 4 is 34.4 Å². The van der Waals surface area contributed by atoms with E-state index in [0.717, 1.165) is 5.75 Å². The summed E-state index contributed by atoms with van der Waals surface area (Å²) in [6.45, 7) is 6.51. The van der Waals surface area contributed by atoms with Crippen LogP contribution in [0.3, 0.4) is 0 Å². The molecule has 1 atom stereocenters. The molecule has 1 fully saturated rings. The quantitative estimate of drug-likeness (QED) is 0.750. The maximum absolute atomic E-state index is 12.1. The predicted octanol–water partition coefficient (Wildman–Crippen LogP) is 2.19. The van der Waals surface area contributed by atoms with Crippen LogP contribution in [0.1, 0.15) is 13.3 Å². The van der Waals surface area contributed by atoms with Gasteiger partial charge in [0.1, 0.15) is 11.0 Å². The maximum atomic E-state index is 12.1. The lowest BCUT2D eigenvalue weighted by molar-refractivity contribution is -0.122. The normalized spacial score (nSPS) is 18.6. The number of nitrogens with one attached hydrogen (secondary N) is 2. The molecular formula is C16H19N3O3S. The Hall–Kier alpha value is -2.28. The number of amidine groups is 1. The van der Waals surface area contributed by atoms with Crippen LogP contribution in [0.5, 0.6) is 5.75 Å². The van der Waals surface area contributed by atoms with Gasteiger partial charge < -0.3 is 15.4 Å². The number of carbonyl (C=O) groups is 2. The van der Waals surface area contributed by atoms with Gasteiger partial charge >= 0.3 is 0 Å². The lowest BCUT2D eigenvalue weighted by Gasteiger charge is -2.08. The molecule has 1 aliphatic heterocycles. The molecule has 1 aliphatic rings. The van der Waals surface area contributed by atoms with Gasteiger partial charge in [0.25, 0.3) is 0 Å². The highest BCUT2D eigenvalue weighted by Gasteiger charge is 2.31. The van der Waals surface area contributed by atoms with Crippen LogP contribution in [0.25, 0.3) is 0 Å². The van der Waals surface area contributed by atoms with E-state index in [1.54, 1.807) is 30.3 Å². The molecule has 2 amide bonds. The van der Waals surface area contributed by atoms with Crippen LogP contribution >= 0.6 is 11.8 Å². The van der Waals surface area contributed by atoms with E-state index in [2.05, 4.69) is 22.2 Å². The number of carbonyl (C=O) groups excluding carboxylic acids is 2. The Morgan fingerprint density at radius 2 is 2.22 bits per heavy atom. The number of anilines is 1. The summed E-state index contributed by atoms with van der Waals surface area (Å²) < 4.78 is 5.34. The lowest BCUT2D eigenvalue weighted by Crippen LogP contribution is -2.28. The number of aliphatic imine (C=N–C) groups is 1. The number of nitrogens with zero attached hydrogens (tertiary/aromatic N) is 1. The van der Waals surface area contributed by atoms with Crippen molar-refractivity contribution in [2.75, 3.05) is 18.5 Å². The van der Waals surface area contributed by atoms with Crippen molar-refractivity contribution in [2.24, 2.45) is 4.99 Å². The lowest BCUT2D eigenvalue weighted by atomic mass is 10.2. The Bertz CT molecular complexity index is 614. The van der Waals surface area contributed by atoms with E-state index in [1.807, 2.05) is 6.92 Å². The second kappa shape index (κ2) is 8.38. The molecule has 23 heavy (non-hydrogen) atoms. The number of hydrogen-bond acceptors (Lipinski definition) is 5. The van der Waals surface area contributed by atoms with Gasteiger partial charge in [-0.2, -0.15) is 0 Å². The summed E-state index contributed by atoms with van der Waals surface area (Å²) in [5.41, 5.74) is 0.669. The Morgan fingerprint density at radius 1 is 1.48 bits per heavy atom. The number of amides is 2. The van der Waals surface area contributed by atoms with E-state index < -0.39 is 5.25 Å². The minimum absolute atomic E-state index is 0.0941. The molecule has 0 radical (unpaired) electrons. The number of rotatable bonds is 7. The molecule has 0 spiro atoms. The summed E-state index contributed by atoms with van der Waals surface area (Å²) in [4.78, 5) is 28.0. The van der Waals surface area contributed by atoms with Gasteiger partial charge in [0.05, 0.1) is 13.2 Å². The van der Waals surface area contributed by atoms with E-state index in [0.29, 0.717) is 24.0 Å². The molecule has 1 aromatic carbocycles. The highest BCUT2D eigenvalue weighted by atomic mass is 32.2. The van der Waals surface area contributed by atoms with Gasteiger partial charge in [-0.15, -0.1) is 6.58 Å². The fourth-order valence-corrected chi connectivity index (χ4v) is 2.92. The van der Waals surface area contributed by atoms with Gasteiger partial charge in [0, 0.05) is 12.1 Å². The van der Waals surface area contributed by atoms with Gasteiger partial charge in [-0.1, -0.05) is 17.8 Å². The standard InChI is InChI=1S/C16H19N3O3S/c1-3-9-17-16-19-15(21)13(23-16)10-14(20)18-11-5-7-12(8-6-11)22-4-2/h3,5-8,13H,1,4,9-10H2,2H3,(H,18,20)(H,17,19,21). The summed E-state index contributed by atoms with van der Waals surface area (Å²) in [5, 5.41) is 5.51. The van der Waals surface area contributed by atoms with Crippen molar-refractivity contribution in [3.8, 4) is 5.75 Å². The Balaban J connectivity index is 1.87. The minimum atomic E-state index is -0.457. The first-order valence-electron chi connectivity index (χ1n) is 7.28. The number of benzene rings is 1. The Morgan fingerprint density at radius 3 is 2.87 bits per heavy atom. The third-order valence-electron chi connectivity index (χ3n) is 2.96. The summed E-state index contributed by atoms with van der Waals surface area (Å²) in [5.74, 6) is 0.339. The van der Waals surface area contributed by atoms with E-state index in [4.69, 9.17) is 4.74 Å². The molecule has 2 N–H and O–H groups in total. The Labute approximate surface area is 139 Å². The first kappa shape index (κ1) is 17.1. The molecule has 7 heteroatoms. The zero-order valence-electron chi connectivity index (χ0n) is 12.9. The molecule has 0 aromatic heterocycles. The average Bonchev–Trinajstić information content (AvgIpc) is 2.87. The number of thioether (sulfide) groups is 1. The van der Waals surface area contributed by atoms with Gasteiger partial charge in [-0.25, -0.2) is 0 Å². The van der Waals surface area contributed by atoms with Crippen molar-refractivity contribution in [3.05, 3.63) is 36.9 Å². The van der Waals surface area contributed by atoms with Crippen LogP contribution in [-0.2, 0) is 9.59 Å². The van der Waals surface area contributed by atoms with E-state index in [-0.39, 0.29) is 18.2 Å². The van der Waals surface area contributed by atoms with Crippen LogP contribution in [0, 0.1) is 0 Å². The largest absolute Gasteiger partial charge is 0.494 e. The zero-order valence-corrected chi connectivity index (χ0v) is 13.7. The van der Waals surface area contributed by atoms with E-state index in [9.17, 15) is 9.59 Å². The first-order chi connectivity index (χ1) is 11.1. The SMILES string of the molecule is C=CCN=C1NC(=O)C(CC(=O)Nc2ccc(OCC)cc2)S1. The van der Waals surface area contributed by atoms with Crippen LogP contribution in [0.4, 0.5) is 5.69 Å². The molecule has 6 nitrogen and oxygen atoms in total. The van der Waals surface area contributed by atoms with Crippen molar-refractivity contribution in [1.29, 1.82) is 0 Å². The molecular weight excluding hydrogens is 314 g/mol. The summed E-state index contributed by atoms with van der Waals surface area (Å²) in [7, 11) is 0. The molecule has 2 rings (SSSR count). The third-order valence-corrected chi connectivity index (χ3v) is 4.08. The third kappa shape index (κ3) is 5.14. The molecule has 0 aliphatic carbocycles. The monoisotopic (exact) mass is 333 g/mol. The second-order valence-electron chi connectivity index (χ2n) is 4.74. The van der Waals surface area contributed by atoms with Gasteiger partial charge in [0.2, 0.25) is 11.8 Å². The summed E-state index contributed by atoms with van der Waals surface area (Å²) in [6, 6.07) is 7.11. The molecule has 122 valence electrons. The average molecular weight is 333 g/mol. The predicted molar refractivity (Wildman–Crippen MR) is 92.9 cm³/mol. The highest BCUT2D eigenvalue weighted by molar-refractivity contribution is 8.15. The van der Waals surface area contributed by atoms with Crippen molar-refractivity contribution < 1.29 is 14.3 Å². The molecule has 1 aromatic rings. The molecule has 1 heterocycles. The first-order valence-corrected chi connectivity index (χ1v) is 8.16. The van der Waals surface area contributed by atoms with Crippen LogP contribution in [0.15, 0.2) is 41.9 Å². The topological polar surface area (TPSA) is 79.8 Å². The van der Waals surface area contributed by atoms with E-state index in [1.165, 1.54) is 11.8 Å². The molecule has 1 unspecified atom stereocenters. The smallest absolute Gasteiger partial charge is 0.240 e. The highest BCUT2D eigenvalue weighted by Crippen LogP contribution is 2.23. The van der Waals surface area contributed by atoms with Crippen LogP contribution < -0.4 is 15.4 Å². The molecule has 0 bridgehead atoms. The van der Waals surface area contributed by atoms with Crippen LogP contribution in [-0.4, -0.2) is 35.4 Å². The fourth-order valence-electron chi connectivity index (χ4n) is 1.94. The van der Waals surface area contributed by atoms with E-state index >= 15 is 0 Å². The van der Waals surface area contributed by atoms with Crippen molar-refractivity contribution in [2.45, 2.75) is 18.6 Å². The number of ether oxygens (including phenoxy) is 1. The fraction of sp³-hybridized carbons (Fsp3) is 0.312. The zero-order chi connectivity index (χ0) is 16.7. The number of hydrogen-bond donors (Lipinski definition) is 2.